The van der Waals surface area contributed by atoms with Crippen molar-refractivity contribution in [3.8, 4) is 11.5 Å². The Morgan fingerprint density at radius 2 is 1.92 bits per heavy atom. The third-order valence-corrected chi connectivity index (χ3v) is 3.28. The number of alkyl halides is 2. The van der Waals surface area contributed by atoms with E-state index in [-0.39, 0.29) is 29.7 Å². The maximum absolute atomic E-state index is 12.4. The zero-order valence-corrected chi connectivity index (χ0v) is 17.5. The molecule has 0 radical (unpaired) electrons. The Bertz CT molecular complexity index is 531. The molecule has 0 spiro atoms. The van der Waals surface area contributed by atoms with Gasteiger partial charge < -0.3 is 20.1 Å². The van der Waals surface area contributed by atoms with Crippen molar-refractivity contribution >= 4 is 29.9 Å². The average Bonchev–Trinajstić information content (AvgIpc) is 2.54. The van der Waals surface area contributed by atoms with Gasteiger partial charge in [-0.2, -0.15) is 8.78 Å². The van der Waals surface area contributed by atoms with E-state index in [0.29, 0.717) is 24.9 Å². The van der Waals surface area contributed by atoms with Crippen LogP contribution >= 0.6 is 24.0 Å². The third kappa shape index (κ3) is 9.08. The Morgan fingerprint density at radius 3 is 2.48 bits per heavy atom. The number of ether oxygens (including phenoxy) is 2. The SMILES string of the molecule is CCNC(=NCc1ccc(OC(F)F)c(OCC)c1)NC(C)CC.I. The van der Waals surface area contributed by atoms with Crippen molar-refractivity contribution in [3.63, 3.8) is 0 Å². The van der Waals surface area contributed by atoms with Crippen molar-refractivity contribution in [1.29, 1.82) is 0 Å². The molecule has 0 amide bonds. The molecule has 0 fully saturated rings. The van der Waals surface area contributed by atoms with Gasteiger partial charge in [-0.3, -0.25) is 0 Å². The molecule has 25 heavy (non-hydrogen) atoms. The van der Waals surface area contributed by atoms with Crippen LogP contribution in [0.25, 0.3) is 0 Å². The molecular formula is C17H28F2IN3O2. The number of aliphatic imine (C=N–C) groups is 1. The Labute approximate surface area is 165 Å². The van der Waals surface area contributed by atoms with E-state index in [1.165, 1.54) is 6.07 Å². The highest BCUT2D eigenvalue weighted by atomic mass is 127. The van der Waals surface area contributed by atoms with Crippen LogP contribution in [-0.2, 0) is 6.54 Å². The largest absolute Gasteiger partial charge is 0.490 e. The number of hydrogen-bond acceptors (Lipinski definition) is 3. The number of nitrogens with zero attached hydrogens (tertiary/aromatic N) is 1. The van der Waals surface area contributed by atoms with Crippen molar-refractivity contribution in [2.24, 2.45) is 4.99 Å². The number of nitrogens with one attached hydrogen (secondary N) is 2. The third-order valence-electron chi connectivity index (χ3n) is 3.28. The molecule has 0 heterocycles. The van der Waals surface area contributed by atoms with Crippen LogP contribution in [-0.4, -0.2) is 31.8 Å². The molecule has 0 bridgehead atoms. The van der Waals surface area contributed by atoms with Crippen LogP contribution in [0.2, 0.25) is 0 Å². The topological polar surface area (TPSA) is 54.9 Å². The number of benzene rings is 1. The van der Waals surface area contributed by atoms with Gasteiger partial charge in [-0.1, -0.05) is 13.0 Å². The van der Waals surface area contributed by atoms with Gasteiger partial charge in [-0.05, 0) is 44.9 Å². The molecule has 1 unspecified atom stereocenters. The molecule has 0 aromatic heterocycles. The van der Waals surface area contributed by atoms with Crippen LogP contribution in [0, 0.1) is 0 Å². The lowest BCUT2D eigenvalue weighted by molar-refractivity contribution is -0.0514. The number of hydrogen-bond donors (Lipinski definition) is 2. The molecule has 1 atom stereocenters. The smallest absolute Gasteiger partial charge is 0.387 e. The van der Waals surface area contributed by atoms with Gasteiger partial charge in [0, 0.05) is 12.6 Å². The Kier molecular flexibility index (Phi) is 12.3. The minimum atomic E-state index is -2.88. The summed E-state index contributed by atoms with van der Waals surface area (Å²) in [5, 5.41) is 6.48. The summed E-state index contributed by atoms with van der Waals surface area (Å²) in [6.07, 6.45) is 0.985. The Balaban J connectivity index is 0.00000576. The predicted octanol–water partition coefficient (Wildman–Crippen LogP) is 4.16. The molecule has 1 aromatic carbocycles. The molecule has 5 nitrogen and oxygen atoms in total. The highest BCUT2D eigenvalue weighted by Crippen LogP contribution is 2.30. The lowest BCUT2D eigenvalue weighted by Gasteiger charge is -2.16. The Morgan fingerprint density at radius 1 is 1.20 bits per heavy atom. The fourth-order valence-corrected chi connectivity index (χ4v) is 1.94. The lowest BCUT2D eigenvalue weighted by atomic mass is 10.2. The van der Waals surface area contributed by atoms with Crippen LogP contribution in [0.4, 0.5) is 8.78 Å². The highest BCUT2D eigenvalue weighted by Gasteiger charge is 2.11. The van der Waals surface area contributed by atoms with E-state index in [2.05, 4.69) is 34.2 Å². The van der Waals surface area contributed by atoms with Gasteiger partial charge in [-0.25, -0.2) is 4.99 Å². The minimum Gasteiger partial charge on any atom is -0.490 e. The van der Waals surface area contributed by atoms with E-state index >= 15 is 0 Å². The summed E-state index contributed by atoms with van der Waals surface area (Å²) in [6.45, 7) is 6.61. The second kappa shape index (κ2) is 13.0. The van der Waals surface area contributed by atoms with Crippen LogP contribution in [0.1, 0.15) is 39.7 Å². The van der Waals surface area contributed by atoms with Crippen molar-refractivity contribution in [2.45, 2.75) is 53.3 Å². The first-order valence-corrected chi connectivity index (χ1v) is 8.25. The van der Waals surface area contributed by atoms with Crippen molar-refractivity contribution < 1.29 is 18.3 Å². The molecule has 0 aliphatic rings. The summed E-state index contributed by atoms with van der Waals surface area (Å²) in [7, 11) is 0. The first kappa shape index (κ1) is 23.7. The van der Waals surface area contributed by atoms with Gasteiger partial charge in [0.05, 0.1) is 13.2 Å². The molecule has 1 aromatic rings. The van der Waals surface area contributed by atoms with Crippen molar-refractivity contribution in [1.82, 2.24) is 10.6 Å². The molecule has 0 saturated heterocycles. The fraction of sp³-hybridized carbons (Fsp3) is 0.588. The molecule has 2 N–H and O–H groups in total. The zero-order chi connectivity index (χ0) is 17.9. The summed E-state index contributed by atoms with van der Waals surface area (Å²) >= 11 is 0. The average molecular weight is 471 g/mol. The summed E-state index contributed by atoms with van der Waals surface area (Å²) in [4.78, 5) is 4.51. The fourth-order valence-electron chi connectivity index (χ4n) is 1.94. The van der Waals surface area contributed by atoms with Gasteiger partial charge in [0.15, 0.2) is 17.5 Å². The van der Waals surface area contributed by atoms with Gasteiger partial charge in [0.2, 0.25) is 0 Å². The molecule has 0 saturated carbocycles. The molecule has 0 aliphatic heterocycles. The summed E-state index contributed by atoms with van der Waals surface area (Å²) in [5.41, 5.74) is 0.849. The van der Waals surface area contributed by atoms with E-state index in [1.807, 2.05) is 6.92 Å². The van der Waals surface area contributed by atoms with Gasteiger partial charge in [-0.15, -0.1) is 24.0 Å². The first-order chi connectivity index (χ1) is 11.5. The second-order valence-corrected chi connectivity index (χ2v) is 5.24. The number of rotatable bonds is 9. The molecular weight excluding hydrogens is 443 g/mol. The molecule has 1 rings (SSSR count). The quantitative estimate of drug-likeness (QED) is 0.323. The zero-order valence-electron chi connectivity index (χ0n) is 15.1. The van der Waals surface area contributed by atoms with Gasteiger partial charge >= 0.3 is 6.61 Å². The summed E-state index contributed by atoms with van der Waals surface area (Å²) in [6, 6.07) is 5.18. The first-order valence-electron chi connectivity index (χ1n) is 8.25. The monoisotopic (exact) mass is 471 g/mol. The van der Waals surface area contributed by atoms with E-state index in [9.17, 15) is 8.78 Å². The lowest BCUT2D eigenvalue weighted by Crippen LogP contribution is -2.41. The predicted molar refractivity (Wildman–Crippen MR) is 107 cm³/mol. The van der Waals surface area contributed by atoms with Crippen LogP contribution in [0.5, 0.6) is 11.5 Å². The van der Waals surface area contributed by atoms with Crippen LogP contribution in [0.3, 0.4) is 0 Å². The van der Waals surface area contributed by atoms with Gasteiger partial charge in [0.25, 0.3) is 0 Å². The number of guanidine groups is 1. The molecule has 8 heteroatoms. The summed E-state index contributed by atoms with van der Waals surface area (Å²) in [5.74, 6) is 1.05. The van der Waals surface area contributed by atoms with Crippen molar-refractivity contribution in [3.05, 3.63) is 23.8 Å². The Hall–Kier alpha value is -1.32. The van der Waals surface area contributed by atoms with E-state index in [0.717, 1.165) is 24.5 Å². The normalized spacial score (nSPS) is 12.4. The highest BCUT2D eigenvalue weighted by molar-refractivity contribution is 14.0. The standard InChI is InChI=1S/C17H27F2N3O2.HI/c1-5-12(4)22-17(20-6-2)21-11-13-8-9-14(24-16(18)19)15(10-13)23-7-3;/h8-10,12,16H,5-7,11H2,1-4H3,(H2,20,21,22);1H. The summed E-state index contributed by atoms with van der Waals surface area (Å²) < 4.78 is 34.7. The van der Waals surface area contributed by atoms with E-state index in [4.69, 9.17) is 4.74 Å². The van der Waals surface area contributed by atoms with Crippen LogP contribution in [0.15, 0.2) is 23.2 Å². The van der Waals surface area contributed by atoms with E-state index in [1.54, 1.807) is 19.1 Å². The van der Waals surface area contributed by atoms with Gasteiger partial charge in [0.1, 0.15) is 0 Å². The second-order valence-electron chi connectivity index (χ2n) is 5.24. The van der Waals surface area contributed by atoms with E-state index < -0.39 is 6.61 Å². The maximum Gasteiger partial charge on any atom is 0.387 e. The van der Waals surface area contributed by atoms with Crippen molar-refractivity contribution in [2.75, 3.05) is 13.2 Å². The molecule has 144 valence electrons. The minimum absolute atomic E-state index is 0. The van der Waals surface area contributed by atoms with Crippen LogP contribution < -0.4 is 20.1 Å². The number of halogens is 3. The molecule has 0 aliphatic carbocycles. The maximum atomic E-state index is 12.4.